The first-order valence-corrected chi connectivity index (χ1v) is 8.87. The SMILES string of the molecule is Cn1ncc2c(=O)n(CC(=O)NCc3ccc(-c4ccc(Cl)cc4)o3)cnc21. The maximum absolute atomic E-state index is 12.4. The third-order valence-corrected chi connectivity index (χ3v) is 4.53. The first-order chi connectivity index (χ1) is 13.5. The van der Waals surface area contributed by atoms with Gasteiger partial charge in [-0.2, -0.15) is 5.10 Å². The van der Waals surface area contributed by atoms with Gasteiger partial charge in [-0.05, 0) is 36.4 Å². The van der Waals surface area contributed by atoms with Gasteiger partial charge in [0.15, 0.2) is 5.65 Å². The van der Waals surface area contributed by atoms with Crippen LogP contribution in [0.25, 0.3) is 22.4 Å². The highest BCUT2D eigenvalue weighted by Crippen LogP contribution is 2.23. The highest BCUT2D eigenvalue weighted by atomic mass is 35.5. The van der Waals surface area contributed by atoms with Gasteiger partial charge in [-0.3, -0.25) is 18.8 Å². The summed E-state index contributed by atoms with van der Waals surface area (Å²) >= 11 is 5.89. The van der Waals surface area contributed by atoms with Crippen LogP contribution in [0.1, 0.15) is 5.76 Å². The molecule has 1 amide bonds. The Balaban J connectivity index is 1.40. The van der Waals surface area contributed by atoms with Crippen LogP contribution in [0.2, 0.25) is 5.02 Å². The van der Waals surface area contributed by atoms with Crippen LogP contribution in [0.3, 0.4) is 0 Å². The molecule has 0 saturated carbocycles. The number of halogens is 1. The summed E-state index contributed by atoms with van der Waals surface area (Å²) in [6, 6.07) is 10.9. The largest absolute Gasteiger partial charge is 0.459 e. The van der Waals surface area contributed by atoms with Crippen LogP contribution >= 0.6 is 11.6 Å². The fourth-order valence-corrected chi connectivity index (χ4v) is 2.94. The second-order valence-electron chi connectivity index (χ2n) is 6.23. The molecule has 0 aliphatic rings. The molecule has 28 heavy (non-hydrogen) atoms. The molecule has 0 aliphatic heterocycles. The molecular formula is C19H16ClN5O3. The summed E-state index contributed by atoms with van der Waals surface area (Å²) in [6.07, 6.45) is 2.79. The summed E-state index contributed by atoms with van der Waals surface area (Å²) < 4.78 is 8.51. The zero-order valence-corrected chi connectivity index (χ0v) is 15.7. The quantitative estimate of drug-likeness (QED) is 0.557. The number of nitrogens with one attached hydrogen (secondary N) is 1. The molecule has 3 heterocycles. The van der Waals surface area contributed by atoms with E-state index in [1.807, 2.05) is 18.2 Å². The summed E-state index contributed by atoms with van der Waals surface area (Å²) in [5.74, 6) is 0.964. The van der Waals surface area contributed by atoms with Crippen molar-refractivity contribution in [2.24, 2.45) is 7.05 Å². The number of nitrogens with zero attached hydrogens (tertiary/aromatic N) is 4. The number of aryl methyl sites for hydroxylation is 1. The molecule has 1 N–H and O–H groups in total. The smallest absolute Gasteiger partial charge is 0.264 e. The van der Waals surface area contributed by atoms with Crippen molar-refractivity contribution in [3.05, 3.63) is 70.1 Å². The van der Waals surface area contributed by atoms with Crippen LogP contribution in [0, 0.1) is 0 Å². The van der Waals surface area contributed by atoms with E-state index < -0.39 is 0 Å². The molecule has 0 radical (unpaired) electrons. The summed E-state index contributed by atoms with van der Waals surface area (Å²) in [4.78, 5) is 28.8. The lowest BCUT2D eigenvalue weighted by atomic mass is 10.2. The van der Waals surface area contributed by atoms with Crippen molar-refractivity contribution in [3.63, 3.8) is 0 Å². The van der Waals surface area contributed by atoms with E-state index in [0.29, 0.717) is 27.6 Å². The van der Waals surface area contributed by atoms with Crippen molar-refractivity contribution in [2.75, 3.05) is 0 Å². The zero-order valence-electron chi connectivity index (χ0n) is 14.9. The number of rotatable bonds is 5. The van der Waals surface area contributed by atoms with Crippen molar-refractivity contribution >= 4 is 28.5 Å². The minimum atomic E-state index is -0.323. The van der Waals surface area contributed by atoms with Crippen molar-refractivity contribution in [1.82, 2.24) is 24.6 Å². The Morgan fingerprint density at radius 1 is 1.21 bits per heavy atom. The Labute approximate surface area is 164 Å². The van der Waals surface area contributed by atoms with E-state index in [-0.39, 0.29) is 24.6 Å². The lowest BCUT2D eigenvalue weighted by Crippen LogP contribution is -2.32. The van der Waals surface area contributed by atoms with Gasteiger partial charge in [0.1, 0.15) is 29.8 Å². The van der Waals surface area contributed by atoms with Gasteiger partial charge >= 0.3 is 0 Å². The molecule has 142 valence electrons. The number of aromatic nitrogens is 4. The van der Waals surface area contributed by atoms with Crippen LogP contribution in [0.4, 0.5) is 0 Å². The lowest BCUT2D eigenvalue weighted by Gasteiger charge is -2.06. The fraction of sp³-hybridized carbons (Fsp3) is 0.158. The van der Waals surface area contributed by atoms with Gasteiger partial charge in [0, 0.05) is 17.6 Å². The van der Waals surface area contributed by atoms with Gasteiger partial charge in [0.25, 0.3) is 5.56 Å². The molecule has 3 aromatic heterocycles. The third-order valence-electron chi connectivity index (χ3n) is 4.28. The van der Waals surface area contributed by atoms with E-state index >= 15 is 0 Å². The number of carbonyl (C=O) groups is 1. The molecule has 0 unspecified atom stereocenters. The maximum Gasteiger partial charge on any atom is 0.264 e. The number of amides is 1. The van der Waals surface area contributed by atoms with E-state index in [4.69, 9.17) is 16.0 Å². The average molecular weight is 398 g/mol. The van der Waals surface area contributed by atoms with Crippen molar-refractivity contribution in [1.29, 1.82) is 0 Å². The van der Waals surface area contributed by atoms with Crippen LogP contribution < -0.4 is 10.9 Å². The first-order valence-electron chi connectivity index (χ1n) is 8.50. The topological polar surface area (TPSA) is 95.0 Å². The molecule has 0 atom stereocenters. The van der Waals surface area contributed by atoms with E-state index in [1.54, 1.807) is 25.2 Å². The Bertz CT molecular complexity index is 1210. The minimum Gasteiger partial charge on any atom is -0.459 e. The van der Waals surface area contributed by atoms with Gasteiger partial charge in [-0.25, -0.2) is 4.98 Å². The van der Waals surface area contributed by atoms with Gasteiger partial charge in [-0.15, -0.1) is 0 Å². The van der Waals surface area contributed by atoms with E-state index in [2.05, 4.69) is 15.4 Å². The second kappa shape index (κ2) is 7.32. The Morgan fingerprint density at radius 3 is 2.79 bits per heavy atom. The van der Waals surface area contributed by atoms with Crippen LogP contribution in [0.15, 0.2) is 58.1 Å². The highest BCUT2D eigenvalue weighted by molar-refractivity contribution is 6.30. The number of hydrogen-bond acceptors (Lipinski definition) is 5. The lowest BCUT2D eigenvalue weighted by molar-refractivity contribution is -0.121. The Morgan fingerprint density at radius 2 is 2.00 bits per heavy atom. The number of carbonyl (C=O) groups excluding carboxylic acids is 1. The highest BCUT2D eigenvalue weighted by Gasteiger charge is 2.11. The molecule has 1 aromatic carbocycles. The van der Waals surface area contributed by atoms with Crippen molar-refractivity contribution in [2.45, 2.75) is 13.1 Å². The maximum atomic E-state index is 12.4. The number of benzene rings is 1. The number of hydrogen-bond donors (Lipinski definition) is 1. The molecule has 8 nitrogen and oxygen atoms in total. The van der Waals surface area contributed by atoms with Gasteiger partial charge < -0.3 is 9.73 Å². The van der Waals surface area contributed by atoms with Crippen LogP contribution in [0.5, 0.6) is 0 Å². The van der Waals surface area contributed by atoms with Crippen LogP contribution in [-0.2, 0) is 24.9 Å². The molecule has 0 spiro atoms. The molecular weight excluding hydrogens is 382 g/mol. The summed E-state index contributed by atoms with van der Waals surface area (Å²) in [6.45, 7) is 0.0746. The number of furan rings is 1. The van der Waals surface area contributed by atoms with Gasteiger partial charge in [0.2, 0.25) is 5.91 Å². The molecule has 0 aliphatic carbocycles. The Kier molecular flexibility index (Phi) is 4.70. The molecule has 9 heteroatoms. The van der Waals surface area contributed by atoms with Gasteiger partial charge in [0.05, 0.1) is 12.7 Å². The first kappa shape index (κ1) is 18.0. The summed E-state index contributed by atoms with van der Waals surface area (Å²) in [7, 11) is 1.70. The predicted octanol–water partition coefficient (Wildman–Crippen LogP) is 2.36. The molecule has 4 rings (SSSR count). The zero-order chi connectivity index (χ0) is 19.7. The third kappa shape index (κ3) is 3.54. The summed E-state index contributed by atoms with van der Waals surface area (Å²) in [5.41, 5.74) is 1.06. The molecule has 0 saturated heterocycles. The summed E-state index contributed by atoms with van der Waals surface area (Å²) in [5, 5.41) is 7.77. The monoisotopic (exact) mass is 397 g/mol. The van der Waals surface area contributed by atoms with Crippen molar-refractivity contribution in [3.8, 4) is 11.3 Å². The standard InChI is InChI=1S/C19H16ClN5O3/c1-24-18-15(9-23-24)19(27)25(11-22-18)10-17(26)21-8-14-6-7-16(28-14)12-2-4-13(20)5-3-12/h2-7,9,11H,8,10H2,1H3,(H,21,26). The normalized spacial score (nSPS) is 11.1. The Hall–Kier alpha value is -3.39. The molecule has 4 aromatic rings. The fourth-order valence-electron chi connectivity index (χ4n) is 2.82. The molecule has 0 fully saturated rings. The van der Waals surface area contributed by atoms with Gasteiger partial charge in [-0.1, -0.05) is 11.6 Å². The van der Waals surface area contributed by atoms with Crippen molar-refractivity contribution < 1.29 is 9.21 Å². The average Bonchev–Trinajstić information content (AvgIpc) is 3.30. The second-order valence-corrected chi connectivity index (χ2v) is 6.67. The van der Waals surface area contributed by atoms with E-state index in [0.717, 1.165) is 5.56 Å². The van der Waals surface area contributed by atoms with Crippen LogP contribution in [-0.4, -0.2) is 25.2 Å². The number of fused-ring (bicyclic) bond motifs is 1. The van der Waals surface area contributed by atoms with E-state index in [1.165, 1.54) is 21.8 Å². The van der Waals surface area contributed by atoms with E-state index in [9.17, 15) is 9.59 Å². The minimum absolute atomic E-state index is 0.137. The molecule has 0 bridgehead atoms. The predicted molar refractivity (Wildman–Crippen MR) is 104 cm³/mol.